The van der Waals surface area contributed by atoms with E-state index in [1.807, 2.05) is 0 Å². The monoisotopic (exact) mass is 230 g/mol. The highest BCUT2D eigenvalue weighted by atomic mass is 35.5. The van der Waals surface area contributed by atoms with Crippen molar-refractivity contribution < 1.29 is 8.42 Å². The predicted molar refractivity (Wildman–Crippen MR) is 59.9 cm³/mol. The van der Waals surface area contributed by atoms with Gasteiger partial charge in [-0.05, 0) is 23.8 Å². The predicted octanol–water partition coefficient (Wildman–Crippen LogP) is 2.75. The van der Waals surface area contributed by atoms with Gasteiger partial charge in [0.1, 0.15) is 0 Å². The maximum absolute atomic E-state index is 11.1. The van der Waals surface area contributed by atoms with Gasteiger partial charge in [-0.25, -0.2) is 8.42 Å². The fourth-order valence-electron chi connectivity index (χ4n) is 0.889. The number of halogens is 1. The van der Waals surface area contributed by atoms with Crippen molar-refractivity contribution in [3.05, 3.63) is 40.3 Å². The number of benzene rings is 1. The summed E-state index contributed by atoms with van der Waals surface area (Å²) in [6.07, 6.45) is 1.55. The Balaban J connectivity index is 2.89. The maximum atomic E-state index is 11.1. The van der Waals surface area contributed by atoms with Gasteiger partial charge in [0.15, 0.2) is 9.84 Å². The van der Waals surface area contributed by atoms with Crippen molar-refractivity contribution in [1.29, 1.82) is 0 Å². The van der Waals surface area contributed by atoms with Crippen LogP contribution in [0.2, 0.25) is 5.02 Å². The summed E-state index contributed by atoms with van der Waals surface area (Å²) in [5.41, 5.74) is 0.787. The van der Waals surface area contributed by atoms with Crippen LogP contribution in [0.1, 0.15) is 12.5 Å². The van der Waals surface area contributed by atoms with Crippen molar-refractivity contribution in [2.75, 3.05) is 5.75 Å². The molecule has 4 heteroatoms. The van der Waals surface area contributed by atoms with Crippen molar-refractivity contribution in [1.82, 2.24) is 0 Å². The molecule has 1 aromatic carbocycles. The molecule has 0 aliphatic carbocycles. The Morgan fingerprint density at radius 2 is 2.14 bits per heavy atom. The second-order valence-corrected chi connectivity index (χ2v) is 5.42. The van der Waals surface area contributed by atoms with Crippen molar-refractivity contribution in [2.45, 2.75) is 6.92 Å². The number of hydrogen-bond acceptors (Lipinski definition) is 2. The SMILES string of the molecule is CCS(=O)(=O)C=Cc1cccc(Cl)c1. The molecule has 0 unspecified atom stereocenters. The average molecular weight is 231 g/mol. The molecule has 0 N–H and O–H groups in total. The lowest BCUT2D eigenvalue weighted by Crippen LogP contribution is -1.96. The lowest BCUT2D eigenvalue weighted by molar-refractivity contribution is 0.606. The largest absolute Gasteiger partial charge is 0.224 e. The van der Waals surface area contributed by atoms with Crippen molar-refractivity contribution in [3.63, 3.8) is 0 Å². The molecule has 0 heterocycles. The lowest BCUT2D eigenvalue weighted by Gasteiger charge is -1.94. The van der Waals surface area contributed by atoms with E-state index < -0.39 is 9.84 Å². The Labute approximate surface area is 89.1 Å². The molecule has 0 aliphatic heterocycles. The third-order valence-corrected chi connectivity index (χ3v) is 3.31. The summed E-state index contributed by atoms with van der Waals surface area (Å²) in [4.78, 5) is 0. The molecule has 1 aromatic rings. The summed E-state index contributed by atoms with van der Waals surface area (Å²) in [6.45, 7) is 1.61. The van der Waals surface area contributed by atoms with Gasteiger partial charge in [-0.15, -0.1) is 0 Å². The van der Waals surface area contributed by atoms with Crippen LogP contribution in [-0.2, 0) is 9.84 Å². The topological polar surface area (TPSA) is 34.1 Å². The van der Waals surface area contributed by atoms with Crippen molar-refractivity contribution in [3.8, 4) is 0 Å². The quantitative estimate of drug-likeness (QED) is 0.800. The summed E-state index contributed by atoms with van der Waals surface area (Å²) >= 11 is 5.75. The summed E-state index contributed by atoms with van der Waals surface area (Å²) in [7, 11) is -3.05. The van der Waals surface area contributed by atoms with Crippen LogP contribution in [0.5, 0.6) is 0 Å². The number of rotatable bonds is 3. The van der Waals surface area contributed by atoms with Gasteiger partial charge in [0, 0.05) is 10.4 Å². The Hall–Kier alpha value is -0.800. The fraction of sp³-hybridized carbons (Fsp3) is 0.200. The molecule has 0 fully saturated rings. The van der Waals surface area contributed by atoms with E-state index in [4.69, 9.17) is 11.6 Å². The minimum atomic E-state index is -3.05. The minimum absolute atomic E-state index is 0.115. The molecule has 0 aromatic heterocycles. The van der Waals surface area contributed by atoms with Gasteiger partial charge in [-0.3, -0.25) is 0 Å². The molecule has 0 saturated carbocycles. The number of hydrogen-bond donors (Lipinski definition) is 0. The zero-order valence-electron chi connectivity index (χ0n) is 7.77. The van der Waals surface area contributed by atoms with E-state index >= 15 is 0 Å². The molecule has 14 heavy (non-hydrogen) atoms. The van der Waals surface area contributed by atoms with Gasteiger partial charge in [-0.1, -0.05) is 30.7 Å². The Kier molecular flexibility index (Phi) is 3.72. The van der Waals surface area contributed by atoms with E-state index in [9.17, 15) is 8.42 Å². The summed E-state index contributed by atoms with van der Waals surface area (Å²) in [5, 5.41) is 1.81. The van der Waals surface area contributed by atoms with Crippen molar-refractivity contribution in [2.24, 2.45) is 0 Å². The molecule has 0 bridgehead atoms. The third-order valence-electron chi connectivity index (χ3n) is 1.72. The summed E-state index contributed by atoms with van der Waals surface area (Å²) < 4.78 is 22.3. The van der Waals surface area contributed by atoms with Gasteiger partial charge < -0.3 is 0 Å². The van der Waals surface area contributed by atoms with Crippen LogP contribution in [0.15, 0.2) is 29.7 Å². The molecular formula is C10H11ClO2S. The smallest absolute Gasteiger partial charge is 0.171 e. The van der Waals surface area contributed by atoms with Crippen LogP contribution in [0.3, 0.4) is 0 Å². The van der Waals surface area contributed by atoms with E-state index in [0.717, 1.165) is 5.56 Å². The average Bonchev–Trinajstić information content (AvgIpc) is 2.15. The molecule has 0 amide bonds. The van der Waals surface area contributed by atoms with Crippen LogP contribution >= 0.6 is 11.6 Å². The Bertz CT molecular complexity index is 435. The summed E-state index contributed by atoms with van der Waals surface area (Å²) in [6, 6.07) is 7.03. The Morgan fingerprint density at radius 1 is 1.43 bits per heavy atom. The van der Waals surface area contributed by atoms with Gasteiger partial charge in [0.2, 0.25) is 0 Å². The van der Waals surface area contributed by atoms with Gasteiger partial charge in [-0.2, -0.15) is 0 Å². The van der Waals surface area contributed by atoms with E-state index in [1.165, 1.54) is 5.41 Å². The fourth-order valence-corrected chi connectivity index (χ4v) is 1.64. The molecule has 0 atom stereocenters. The van der Waals surface area contributed by atoms with E-state index in [1.54, 1.807) is 37.3 Å². The van der Waals surface area contributed by atoms with Crippen LogP contribution in [0.25, 0.3) is 6.08 Å². The summed E-state index contributed by atoms with van der Waals surface area (Å²) in [5.74, 6) is 0.115. The first-order chi connectivity index (χ1) is 6.53. The molecule has 1 rings (SSSR count). The first kappa shape index (κ1) is 11.3. The second-order valence-electron chi connectivity index (χ2n) is 2.81. The molecule has 0 aliphatic rings. The van der Waals surface area contributed by atoms with Gasteiger partial charge in [0.25, 0.3) is 0 Å². The zero-order chi connectivity index (χ0) is 10.6. The first-order valence-corrected chi connectivity index (χ1v) is 6.29. The van der Waals surface area contributed by atoms with E-state index in [2.05, 4.69) is 0 Å². The maximum Gasteiger partial charge on any atom is 0.171 e. The first-order valence-electron chi connectivity index (χ1n) is 4.20. The highest BCUT2D eigenvalue weighted by Crippen LogP contribution is 2.12. The molecule has 2 nitrogen and oxygen atoms in total. The van der Waals surface area contributed by atoms with Gasteiger partial charge in [0.05, 0.1) is 5.75 Å². The molecular weight excluding hydrogens is 220 g/mol. The highest BCUT2D eigenvalue weighted by Gasteiger charge is 1.99. The Morgan fingerprint density at radius 3 is 2.71 bits per heavy atom. The lowest BCUT2D eigenvalue weighted by atomic mass is 10.2. The third kappa shape index (κ3) is 3.52. The van der Waals surface area contributed by atoms with Crippen molar-refractivity contribution >= 4 is 27.5 Å². The van der Waals surface area contributed by atoms with E-state index in [0.29, 0.717) is 5.02 Å². The van der Waals surface area contributed by atoms with Crippen LogP contribution in [0.4, 0.5) is 0 Å². The standard InChI is InChI=1S/C10H11ClO2S/c1-2-14(12,13)7-6-9-4-3-5-10(11)8-9/h3-8H,2H2,1H3. The molecule has 0 saturated heterocycles. The second kappa shape index (κ2) is 4.62. The number of sulfone groups is 1. The molecule has 0 radical (unpaired) electrons. The van der Waals surface area contributed by atoms with E-state index in [-0.39, 0.29) is 5.75 Å². The highest BCUT2D eigenvalue weighted by molar-refractivity contribution is 7.94. The molecule has 76 valence electrons. The molecule has 0 spiro atoms. The van der Waals surface area contributed by atoms with Crippen LogP contribution in [-0.4, -0.2) is 14.2 Å². The minimum Gasteiger partial charge on any atom is -0.224 e. The van der Waals surface area contributed by atoms with Gasteiger partial charge >= 0.3 is 0 Å². The van der Waals surface area contributed by atoms with Crippen LogP contribution in [0, 0.1) is 0 Å². The zero-order valence-corrected chi connectivity index (χ0v) is 9.35. The normalized spacial score (nSPS) is 12.1. The van der Waals surface area contributed by atoms with Crippen LogP contribution < -0.4 is 0 Å².